The first-order valence-electron chi connectivity index (χ1n) is 6.16. The molecule has 2 rings (SSSR count). The maximum absolute atomic E-state index is 13.6. The Kier molecular flexibility index (Phi) is 4.13. The summed E-state index contributed by atoms with van der Waals surface area (Å²) < 4.78 is 25.0. The van der Waals surface area contributed by atoms with Crippen molar-refractivity contribution in [3.05, 3.63) is 29.6 Å². The molecule has 1 aliphatic rings. The third-order valence-corrected chi connectivity index (χ3v) is 3.45. The lowest BCUT2D eigenvalue weighted by molar-refractivity contribution is -0.0331. The lowest BCUT2D eigenvalue weighted by Crippen LogP contribution is -2.24. The average molecular weight is 273 g/mol. The van der Waals surface area contributed by atoms with Crippen LogP contribution in [0.4, 0.5) is 4.39 Å². The molecule has 18 heavy (non-hydrogen) atoms. The van der Waals surface area contributed by atoms with Crippen molar-refractivity contribution in [1.82, 2.24) is 0 Å². The molecule has 1 heterocycles. The minimum absolute atomic E-state index is 0.0304. The second-order valence-electron chi connectivity index (χ2n) is 5.21. The molecule has 1 aromatic rings. The van der Waals surface area contributed by atoms with Gasteiger partial charge in [0.1, 0.15) is 6.61 Å². The summed E-state index contributed by atoms with van der Waals surface area (Å²) in [5, 5.41) is 0. The molecule has 0 N–H and O–H groups in total. The van der Waals surface area contributed by atoms with Crippen molar-refractivity contribution in [2.75, 3.05) is 6.61 Å². The number of hydrogen-bond donors (Lipinski definition) is 0. The molecule has 0 spiro atoms. The Morgan fingerprint density at radius 2 is 2.28 bits per heavy atom. The van der Waals surface area contributed by atoms with Crippen molar-refractivity contribution < 1.29 is 13.9 Å². The van der Waals surface area contributed by atoms with Crippen molar-refractivity contribution in [1.29, 1.82) is 0 Å². The van der Waals surface area contributed by atoms with E-state index in [2.05, 4.69) is 13.8 Å². The molecule has 0 aromatic heterocycles. The monoisotopic (exact) mass is 272 g/mol. The molecular weight excluding hydrogens is 255 g/mol. The Morgan fingerprint density at radius 3 is 2.89 bits per heavy atom. The fourth-order valence-corrected chi connectivity index (χ4v) is 2.40. The van der Waals surface area contributed by atoms with E-state index >= 15 is 0 Å². The molecule has 0 saturated carbocycles. The van der Waals surface area contributed by atoms with Crippen LogP contribution in [0.2, 0.25) is 0 Å². The van der Waals surface area contributed by atoms with Crippen LogP contribution in [0, 0.1) is 5.82 Å². The van der Waals surface area contributed by atoms with Gasteiger partial charge in [0.2, 0.25) is 0 Å². The third-order valence-electron chi connectivity index (χ3n) is 3.16. The molecule has 1 fully saturated rings. The van der Waals surface area contributed by atoms with Crippen LogP contribution in [0.5, 0.6) is 5.75 Å². The molecule has 4 heteroatoms. The summed E-state index contributed by atoms with van der Waals surface area (Å²) >= 11 is 5.77. The molecule has 2 nitrogen and oxygen atoms in total. The zero-order valence-corrected chi connectivity index (χ0v) is 11.5. The SMILES string of the molecule is CC1(C)CCC(COc2c(F)cccc2CCl)O1. The number of para-hydroxylation sites is 1. The van der Waals surface area contributed by atoms with E-state index in [9.17, 15) is 4.39 Å². The smallest absolute Gasteiger partial charge is 0.165 e. The molecule has 1 aromatic carbocycles. The summed E-state index contributed by atoms with van der Waals surface area (Å²) in [6.45, 7) is 4.48. The van der Waals surface area contributed by atoms with Gasteiger partial charge >= 0.3 is 0 Å². The Morgan fingerprint density at radius 1 is 1.50 bits per heavy atom. The molecule has 0 radical (unpaired) electrons. The van der Waals surface area contributed by atoms with Crippen molar-refractivity contribution in [2.45, 2.75) is 44.3 Å². The van der Waals surface area contributed by atoms with Crippen LogP contribution in [-0.4, -0.2) is 18.3 Å². The standard InChI is InChI=1S/C14H18ClFO2/c1-14(2)7-6-11(18-14)9-17-13-10(8-15)4-3-5-12(13)16/h3-5,11H,6-9H2,1-2H3. The summed E-state index contributed by atoms with van der Waals surface area (Å²) in [6.07, 6.45) is 1.97. The van der Waals surface area contributed by atoms with Gasteiger partial charge in [-0.15, -0.1) is 11.6 Å². The predicted octanol–water partition coefficient (Wildman–Crippen LogP) is 3.90. The van der Waals surface area contributed by atoms with E-state index in [0.717, 1.165) is 12.8 Å². The topological polar surface area (TPSA) is 18.5 Å². The summed E-state index contributed by atoms with van der Waals surface area (Å²) in [7, 11) is 0. The van der Waals surface area contributed by atoms with Crippen LogP contribution in [-0.2, 0) is 10.6 Å². The van der Waals surface area contributed by atoms with Gasteiger partial charge in [-0.25, -0.2) is 4.39 Å². The van der Waals surface area contributed by atoms with Gasteiger partial charge < -0.3 is 9.47 Å². The molecule has 1 aliphatic heterocycles. The highest BCUT2D eigenvalue weighted by atomic mass is 35.5. The van der Waals surface area contributed by atoms with E-state index in [0.29, 0.717) is 12.2 Å². The number of rotatable bonds is 4. The first-order chi connectivity index (χ1) is 8.52. The van der Waals surface area contributed by atoms with Gasteiger partial charge in [0.05, 0.1) is 17.6 Å². The molecule has 100 valence electrons. The highest BCUT2D eigenvalue weighted by molar-refractivity contribution is 6.17. The highest BCUT2D eigenvalue weighted by Crippen LogP contribution is 2.31. The minimum atomic E-state index is -0.370. The number of ether oxygens (including phenoxy) is 2. The van der Waals surface area contributed by atoms with Crippen LogP contribution in [0.1, 0.15) is 32.3 Å². The normalized spacial score (nSPS) is 22.1. The zero-order chi connectivity index (χ0) is 13.2. The van der Waals surface area contributed by atoms with Gasteiger partial charge in [0, 0.05) is 5.56 Å². The van der Waals surface area contributed by atoms with Gasteiger partial charge in [0.25, 0.3) is 0 Å². The fraction of sp³-hybridized carbons (Fsp3) is 0.571. The van der Waals surface area contributed by atoms with E-state index < -0.39 is 0 Å². The summed E-state index contributed by atoms with van der Waals surface area (Å²) in [6, 6.07) is 4.78. The first kappa shape index (κ1) is 13.6. The fourth-order valence-electron chi connectivity index (χ4n) is 2.19. The first-order valence-corrected chi connectivity index (χ1v) is 6.69. The maximum Gasteiger partial charge on any atom is 0.165 e. The van der Waals surface area contributed by atoms with Crippen molar-refractivity contribution in [2.24, 2.45) is 0 Å². The van der Waals surface area contributed by atoms with Crippen LogP contribution >= 0.6 is 11.6 Å². The number of benzene rings is 1. The van der Waals surface area contributed by atoms with Crippen LogP contribution in [0.3, 0.4) is 0 Å². The predicted molar refractivity (Wildman–Crippen MR) is 69.6 cm³/mol. The Balaban J connectivity index is 1.98. The maximum atomic E-state index is 13.6. The number of alkyl halides is 1. The van der Waals surface area contributed by atoms with Crippen LogP contribution in [0.25, 0.3) is 0 Å². The van der Waals surface area contributed by atoms with Gasteiger partial charge in [-0.3, -0.25) is 0 Å². The summed E-state index contributed by atoms with van der Waals surface area (Å²) in [5.41, 5.74) is 0.576. The average Bonchev–Trinajstić information content (AvgIpc) is 2.67. The molecular formula is C14H18ClFO2. The minimum Gasteiger partial charge on any atom is -0.487 e. The lowest BCUT2D eigenvalue weighted by atomic mass is 10.1. The van der Waals surface area contributed by atoms with Crippen molar-refractivity contribution in [3.8, 4) is 5.75 Å². The van der Waals surface area contributed by atoms with E-state index in [1.807, 2.05) is 0 Å². The van der Waals surface area contributed by atoms with E-state index in [4.69, 9.17) is 21.1 Å². The zero-order valence-electron chi connectivity index (χ0n) is 10.7. The summed E-state index contributed by atoms with van der Waals surface area (Å²) in [5.74, 6) is 0.121. The van der Waals surface area contributed by atoms with E-state index in [1.165, 1.54) is 6.07 Å². The summed E-state index contributed by atoms with van der Waals surface area (Å²) in [4.78, 5) is 0. The molecule has 1 saturated heterocycles. The largest absolute Gasteiger partial charge is 0.487 e. The van der Waals surface area contributed by atoms with Crippen molar-refractivity contribution >= 4 is 11.6 Å². The Bertz CT molecular complexity index is 420. The molecule has 0 aliphatic carbocycles. The number of halogens is 2. The molecule has 1 atom stereocenters. The molecule has 0 bridgehead atoms. The van der Waals surface area contributed by atoms with Gasteiger partial charge in [-0.2, -0.15) is 0 Å². The Labute approximate surface area is 112 Å². The van der Waals surface area contributed by atoms with Crippen molar-refractivity contribution in [3.63, 3.8) is 0 Å². The second-order valence-corrected chi connectivity index (χ2v) is 5.48. The molecule has 1 unspecified atom stereocenters. The van der Waals surface area contributed by atoms with E-state index in [-0.39, 0.29) is 29.2 Å². The third kappa shape index (κ3) is 3.15. The van der Waals surface area contributed by atoms with Crippen LogP contribution in [0.15, 0.2) is 18.2 Å². The van der Waals surface area contributed by atoms with Gasteiger partial charge in [-0.1, -0.05) is 12.1 Å². The lowest BCUT2D eigenvalue weighted by Gasteiger charge is -2.20. The van der Waals surface area contributed by atoms with Gasteiger partial charge in [0.15, 0.2) is 11.6 Å². The quantitative estimate of drug-likeness (QED) is 0.774. The Hall–Kier alpha value is -0.800. The number of hydrogen-bond acceptors (Lipinski definition) is 2. The molecule has 0 amide bonds. The van der Waals surface area contributed by atoms with Gasteiger partial charge in [-0.05, 0) is 32.8 Å². The van der Waals surface area contributed by atoms with Crippen LogP contribution < -0.4 is 4.74 Å². The van der Waals surface area contributed by atoms with E-state index in [1.54, 1.807) is 12.1 Å². The highest BCUT2D eigenvalue weighted by Gasteiger charge is 2.32. The second kappa shape index (κ2) is 5.45.